The van der Waals surface area contributed by atoms with E-state index in [1.807, 2.05) is 0 Å². The second kappa shape index (κ2) is 5.72. The highest BCUT2D eigenvalue weighted by atomic mass is 19.4. The SMILES string of the molecule is CC1C(NC(=O)c2cc3c(C(F)(F)F)coc3cn2)C2CCN1CC2. The van der Waals surface area contributed by atoms with E-state index in [4.69, 9.17) is 4.42 Å². The van der Waals surface area contributed by atoms with Gasteiger partial charge in [-0.25, -0.2) is 4.98 Å². The molecule has 3 aliphatic heterocycles. The van der Waals surface area contributed by atoms with Gasteiger partial charge in [0.2, 0.25) is 0 Å². The quantitative estimate of drug-likeness (QED) is 0.902. The number of fused-ring (bicyclic) bond motifs is 4. The molecule has 0 radical (unpaired) electrons. The molecule has 0 aliphatic carbocycles. The molecule has 3 saturated heterocycles. The molecular formula is C17H18F3N3O2. The van der Waals surface area contributed by atoms with Crippen LogP contribution in [0.2, 0.25) is 0 Å². The Labute approximate surface area is 142 Å². The lowest BCUT2D eigenvalue weighted by atomic mass is 9.79. The predicted octanol–water partition coefficient (Wildman–Crippen LogP) is 3.06. The normalized spacial score (nSPS) is 29.1. The van der Waals surface area contributed by atoms with Gasteiger partial charge in [-0.15, -0.1) is 0 Å². The number of alkyl halides is 3. The lowest BCUT2D eigenvalue weighted by Gasteiger charge is -2.49. The monoisotopic (exact) mass is 353 g/mol. The summed E-state index contributed by atoms with van der Waals surface area (Å²) in [6.07, 6.45) is -0.656. The zero-order valence-electron chi connectivity index (χ0n) is 13.6. The third-order valence-electron chi connectivity index (χ3n) is 5.47. The van der Waals surface area contributed by atoms with Crippen molar-refractivity contribution >= 4 is 16.9 Å². The van der Waals surface area contributed by atoms with Gasteiger partial charge >= 0.3 is 6.18 Å². The first-order valence-corrected chi connectivity index (χ1v) is 8.34. The minimum Gasteiger partial charge on any atom is -0.462 e. The molecule has 1 amide bonds. The van der Waals surface area contributed by atoms with E-state index < -0.39 is 17.6 Å². The molecule has 2 aromatic rings. The van der Waals surface area contributed by atoms with Gasteiger partial charge in [0.15, 0.2) is 5.58 Å². The van der Waals surface area contributed by atoms with E-state index in [1.165, 1.54) is 6.20 Å². The molecule has 0 saturated carbocycles. The van der Waals surface area contributed by atoms with E-state index in [0.717, 1.165) is 32.0 Å². The number of hydrogen-bond acceptors (Lipinski definition) is 4. The summed E-state index contributed by atoms with van der Waals surface area (Å²) in [5.41, 5.74) is -0.904. The first-order valence-electron chi connectivity index (χ1n) is 8.34. The summed E-state index contributed by atoms with van der Waals surface area (Å²) >= 11 is 0. The molecule has 2 bridgehead atoms. The number of furan rings is 1. The van der Waals surface area contributed by atoms with Gasteiger partial charge in [-0.05, 0) is 44.8 Å². The Morgan fingerprint density at radius 3 is 2.72 bits per heavy atom. The van der Waals surface area contributed by atoms with Crippen LogP contribution in [0.4, 0.5) is 13.2 Å². The van der Waals surface area contributed by atoms with Crippen LogP contribution in [-0.4, -0.2) is 41.0 Å². The fourth-order valence-electron chi connectivity index (χ4n) is 4.05. The molecule has 2 atom stereocenters. The van der Waals surface area contributed by atoms with Crippen molar-refractivity contribution in [1.29, 1.82) is 0 Å². The number of halogens is 3. The van der Waals surface area contributed by atoms with E-state index in [-0.39, 0.29) is 28.7 Å². The first-order chi connectivity index (χ1) is 11.8. The van der Waals surface area contributed by atoms with Crippen LogP contribution in [0.3, 0.4) is 0 Å². The summed E-state index contributed by atoms with van der Waals surface area (Å²) in [6.45, 7) is 4.14. The zero-order chi connectivity index (χ0) is 17.8. The van der Waals surface area contributed by atoms with Gasteiger partial charge < -0.3 is 9.73 Å². The molecule has 0 aromatic carbocycles. The lowest BCUT2D eigenvalue weighted by Crippen LogP contribution is -2.62. The molecule has 8 heteroatoms. The average molecular weight is 353 g/mol. The number of carbonyl (C=O) groups is 1. The zero-order valence-corrected chi connectivity index (χ0v) is 13.6. The van der Waals surface area contributed by atoms with Crippen molar-refractivity contribution in [3.05, 3.63) is 29.8 Å². The molecule has 1 N–H and O–H groups in total. The minimum atomic E-state index is -4.54. The topological polar surface area (TPSA) is 58.4 Å². The van der Waals surface area contributed by atoms with E-state index in [2.05, 4.69) is 22.1 Å². The van der Waals surface area contributed by atoms with E-state index in [9.17, 15) is 18.0 Å². The number of nitrogens with one attached hydrogen (secondary N) is 1. The Balaban J connectivity index is 1.60. The molecule has 5 rings (SSSR count). The van der Waals surface area contributed by atoms with Crippen LogP contribution in [0.15, 0.2) is 22.9 Å². The van der Waals surface area contributed by atoms with E-state index in [1.54, 1.807) is 0 Å². The van der Waals surface area contributed by atoms with Gasteiger partial charge in [0, 0.05) is 17.5 Å². The average Bonchev–Trinajstić information content (AvgIpc) is 3.01. The van der Waals surface area contributed by atoms with Crippen LogP contribution < -0.4 is 5.32 Å². The van der Waals surface area contributed by atoms with Gasteiger partial charge in [-0.2, -0.15) is 13.2 Å². The van der Waals surface area contributed by atoms with Crippen LogP contribution >= 0.6 is 0 Å². The Morgan fingerprint density at radius 1 is 1.36 bits per heavy atom. The number of nitrogens with zero attached hydrogens (tertiary/aromatic N) is 2. The molecule has 25 heavy (non-hydrogen) atoms. The third kappa shape index (κ3) is 2.78. The fraction of sp³-hybridized carbons (Fsp3) is 0.529. The maximum atomic E-state index is 13.0. The lowest BCUT2D eigenvalue weighted by molar-refractivity contribution is -0.136. The summed E-state index contributed by atoms with van der Waals surface area (Å²) in [5.74, 6) is -0.0332. The van der Waals surface area contributed by atoms with Crippen molar-refractivity contribution < 1.29 is 22.4 Å². The first kappa shape index (κ1) is 16.4. The third-order valence-corrected chi connectivity index (χ3v) is 5.47. The van der Waals surface area contributed by atoms with E-state index in [0.29, 0.717) is 12.2 Å². The van der Waals surface area contributed by atoms with Crippen molar-refractivity contribution in [1.82, 2.24) is 15.2 Å². The number of pyridine rings is 1. The number of carbonyl (C=O) groups excluding carboxylic acids is 1. The van der Waals surface area contributed by atoms with Crippen LogP contribution in [0, 0.1) is 5.92 Å². The maximum Gasteiger partial charge on any atom is 0.420 e. The van der Waals surface area contributed by atoms with Crippen molar-refractivity contribution in [3.63, 3.8) is 0 Å². The summed E-state index contributed by atoms with van der Waals surface area (Å²) in [6, 6.07) is 1.38. The van der Waals surface area contributed by atoms with E-state index >= 15 is 0 Å². The molecule has 3 fully saturated rings. The standard InChI is InChI=1S/C17H18F3N3O2/c1-9-15(10-2-4-23(9)5-3-10)22-16(24)13-6-11-12(17(18,19)20)8-25-14(11)7-21-13/h6-10,15H,2-5H2,1H3,(H,22,24). The number of aromatic nitrogens is 1. The van der Waals surface area contributed by atoms with Gasteiger partial charge in [-0.3, -0.25) is 9.69 Å². The molecule has 2 unspecified atom stereocenters. The van der Waals surface area contributed by atoms with Gasteiger partial charge in [0.25, 0.3) is 5.91 Å². The number of rotatable bonds is 2. The largest absolute Gasteiger partial charge is 0.462 e. The van der Waals surface area contributed by atoms with Crippen LogP contribution in [0.1, 0.15) is 35.8 Å². The van der Waals surface area contributed by atoms with Crippen LogP contribution in [0.5, 0.6) is 0 Å². The molecule has 134 valence electrons. The Kier molecular flexibility index (Phi) is 3.75. The molecule has 5 nitrogen and oxygen atoms in total. The van der Waals surface area contributed by atoms with Crippen LogP contribution in [-0.2, 0) is 6.18 Å². The summed E-state index contributed by atoms with van der Waals surface area (Å²) in [5, 5.41) is 2.83. The molecule has 2 aromatic heterocycles. The Bertz CT molecular complexity index is 807. The van der Waals surface area contributed by atoms with Crippen molar-refractivity contribution in [2.24, 2.45) is 5.92 Å². The molecule has 5 heterocycles. The predicted molar refractivity (Wildman–Crippen MR) is 84.0 cm³/mol. The highest BCUT2D eigenvalue weighted by Crippen LogP contribution is 2.36. The maximum absolute atomic E-state index is 13.0. The minimum absolute atomic E-state index is 0.000988. The van der Waals surface area contributed by atoms with Gasteiger partial charge in [-0.1, -0.05) is 0 Å². The Hall–Kier alpha value is -2.09. The fourth-order valence-corrected chi connectivity index (χ4v) is 4.05. The van der Waals surface area contributed by atoms with Crippen molar-refractivity contribution in [2.75, 3.05) is 13.1 Å². The van der Waals surface area contributed by atoms with Gasteiger partial charge in [0.1, 0.15) is 17.5 Å². The molecule has 0 spiro atoms. The number of piperidine rings is 3. The van der Waals surface area contributed by atoms with Gasteiger partial charge in [0.05, 0.1) is 6.20 Å². The van der Waals surface area contributed by atoms with Crippen molar-refractivity contribution in [3.8, 4) is 0 Å². The molecule has 3 aliphatic rings. The highest BCUT2D eigenvalue weighted by Gasteiger charge is 2.41. The van der Waals surface area contributed by atoms with Crippen molar-refractivity contribution in [2.45, 2.75) is 38.0 Å². The number of amides is 1. The number of hydrogen-bond donors (Lipinski definition) is 1. The summed E-state index contributed by atoms with van der Waals surface area (Å²) in [4.78, 5) is 18.9. The Morgan fingerprint density at radius 2 is 2.08 bits per heavy atom. The second-order valence-electron chi connectivity index (χ2n) is 6.83. The highest BCUT2D eigenvalue weighted by molar-refractivity contribution is 5.96. The molecular weight excluding hydrogens is 335 g/mol. The van der Waals surface area contributed by atoms with Crippen LogP contribution in [0.25, 0.3) is 11.0 Å². The summed E-state index contributed by atoms with van der Waals surface area (Å²) < 4.78 is 44.0. The summed E-state index contributed by atoms with van der Waals surface area (Å²) in [7, 11) is 0. The second-order valence-corrected chi connectivity index (χ2v) is 6.83. The smallest absolute Gasteiger partial charge is 0.420 e.